The molecule has 0 aliphatic carbocycles. The van der Waals surface area contributed by atoms with Crippen LogP contribution in [-0.4, -0.2) is 19.2 Å². The Labute approximate surface area is 147 Å². The van der Waals surface area contributed by atoms with Crippen LogP contribution in [0.25, 0.3) is 0 Å². The summed E-state index contributed by atoms with van der Waals surface area (Å²) in [7, 11) is 0. The van der Waals surface area contributed by atoms with Gasteiger partial charge in [0.05, 0.1) is 6.54 Å². The molecule has 0 radical (unpaired) electrons. The van der Waals surface area contributed by atoms with Crippen LogP contribution in [-0.2, 0) is 10.5 Å². The van der Waals surface area contributed by atoms with Gasteiger partial charge in [0.25, 0.3) is 5.72 Å². The van der Waals surface area contributed by atoms with Gasteiger partial charge in [-0.2, -0.15) is 0 Å². The fourth-order valence-corrected chi connectivity index (χ4v) is 4.38. The smallest absolute Gasteiger partial charge is 0.256 e. The van der Waals surface area contributed by atoms with Gasteiger partial charge in [-0.1, -0.05) is 23.2 Å². The summed E-state index contributed by atoms with van der Waals surface area (Å²) in [6, 6.07) is 16.8. The van der Waals surface area contributed by atoms with Crippen LogP contribution in [0.15, 0.2) is 48.5 Å². The first-order chi connectivity index (χ1) is 11.2. The topological polar surface area (TPSA) is 13.7 Å². The average molecular weight is 349 g/mol. The second-order valence-corrected chi connectivity index (χ2v) is 7.35. The molecule has 2 saturated heterocycles. The number of ether oxygens (including phenoxy) is 1. The van der Waals surface area contributed by atoms with E-state index in [0.717, 1.165) is 23.2 Å². The first-order valence-corrected chi connectivity index (χ1v) is 8.98. The molecule has 2 aliphatic rings. The molecule has 0 amide bonds. The molecule has 0 spiro atoms. The zero-order valence-electron chi connectivity index (χ0n) is 12.9. The molecule has 120 valence electrons. The summed E-state index contributed by atoms with van der Waals surface area (Å²) in [6.07, 6.45) is 3.78. The predicted octanol–water partition coefficient (Wildman–Crippen LogP) is 3.66. The second-order valence-electron chi connectivity index (χ2n) is 6.47. The summed E-state index contributed by atoms with van der Waals surface area (Å²) in [5.74, 6) is 0. The fraction of sp³-hybridized carbons (Fsp3) is 0.368. The molecule has 1 N–H and O–H groups in total. The second kappa shape index (κ2) is 6.10. The van der Waals surface area contributed by atoms with Crippen molar-refractivity contribution in [2.75, 3.05) is 13.2 Å². The first kappa shape index (κ1) is 15.5. The lowest BCUT2D eigenvalue weighted by molar-refractivity contribution is -0.981. The molecule has 0 saturated carbocycles. The van der Waals surface area contributed by atoms with Crippen molar-refractivity contribution in [2.24, 2.45) is 0 Å². The van der Waals surface area contributed by atoms with Gasteiger partial charge in [0.1, 0.15) is 12.6 Å². The van der Waals surface area contributed by atoms with E-state index in [1.807, 2.05) is 24.3 Å². The van der Waals surface area contributed by atoms with Crippen LogP contribution in [0.5, 0.6) is 0 Å². The van der Waals surface area contributed by atoms with Gasteiger partial charge in [0.15, 0.2) is 0 Å². The summed E-state index contributed by atoms with van der Waals surface area (Å²) >= 11 is 12.2. The van der Waals surface area contributed by atoms with Gasteiger partial charge in [-0.25, -0.2) is 0 Å². The van der Waals surface area contributed by atoms with Crippen molar-refractivity contribution in [1.29, 1.82) is 0 Å². The molecular weight excluding hydrogens is 329 g/mol. The summed E-state index contributed by atoms with van der Waals surface area (Å²) in [4.78, 5) is 1.52. The molecule has 23 heavy (non-hydrogen) atoms. The van der Waals surface area contributed by atoms with Gasteiger partial charge >= 0.3 is 0 Å². The van der Waals surface area contributed by atoms with E-state index in [2.05, 4.69) is 24.3 Å². The highest BCUT2D eigenvalue weighted by atomic mass is 35.5. The molecular formula is C19H20Cl2NO+. The van der Waals surface area contributed by atoms with Crippen LogP contribution >= 0.6 is 23.2 Å². The molecule has 2 fully saturated rings. The lowest BCUT2D eigenvalue weighted by Crippen LogP contribution is -3.20. The van der Waals surface area contributed by atoms with Crippen LogP contribution in [0.4, 0.5) is 0 Å². The maximum atomic E-state index is 6.52. The lowest BCUT2D eigenvalue weighted by atomic mass is 9.90. The number of fused-ring (bicyclic) bond motifs is 1. The number of halogens is 2. The quantitative estimate of drug-likeness (QED) is 0.874. The number of piperidine rings is 1. The Morgan fingerprint density at radius 2 is 1.43 bits per heavy atom. The minimum absolute atomic E-state index is 0.444. The molecule has 2 aromatic carbocycles. The van der Waals surface area contributed by atoms with Gasteiger partial charge < -0.3 is 4.74 Å². The van der Waals surface area contributed by atoms with Crippen molar-refractivity contribution in [3.05, 3.63) is 69.7 Å². The maximum Gasteiger partial charge on any atom is 0.256 e. The summed E-state index contributed by atoms with van der Waals surface area (Å²) < 4.78 is 6.52. The van der Waals surface area contributed by atoms with Crippen LogP contribution in [0.2, 0.25) is 10.0 Å². The normalized spacial score (nSPS) is 26.0. The zero-order valence-corrected chi connectivity index (χ0v) is 14.4. The van der Waals surface area contributed by atoms with Crippen LogP contribution in [0, 0.1) is 0 Å². The average Bonchev–Trinajstić information content (AvgIpc) is 2.97. The molecule has 2 aliphatic heterocycles. The number of benzene rings is 2. The Bertz CT molecular complexity index is 638. The first-order valence-electron chi connectivity index (χ1n) is 8.22. The van der Waals surface area contributed by atoms with Crippen molar-refractivity contribution in [2.45, 2.75) is 31.0 Å². The van der Waals surface area contributed by atoms with Crippen molar-refractivity contribution in [3.63, 3.8) is 0 Å². The third-order valence-corrected chi connectivity index (χ3v) is 5.70. The molecule has 2 atom stereocenters. The number of hydrogen-bond donors (Lipinski definition) is 1. The van der Waals surface area contributed by atoms with E-state index in [0.29, 0.717) is 6.04 Å². The number of quaternary nitrogens is 1. The number of nitrogens with one attached hydrogen (secondary N) is 1. The van der Waals surface area contributed by atoms with Crippen molar-refractivity contribution in [1.82, 2.24) is 0 Å². The number of rotatable bonds is 2. The van der Waals surface area contributed by atoms with E-state index in [1.54, 1.807) is 0 Å². The van der Waals surface area contributed by atoms with Gasteiger partial charge in [0.2, 0.25) is 0 Å². The monoisotopic (exact) mass is 348 g/mol. The molecule has 0 aromatic heterocycles. The minimum atomic E-state index is -0.444. The molecule has 2 unspecified atom stereocenters. The van der Waals surface area contributed by atoms with Crippen molar-refractivity contribution < 1.29 is 9.64 Å². The van der Waals surface area contributed by atoms with Crippen LogP contribution in [0.1, 0.15) is 30.4 Å². The maximum absolute atomic E-state index is 6.52. The largest absolute Gasteiger partial charge is 0.313 e. The Balaban J connectivity index is 1.86. The van der Waals surface area contributed by atoms with E-state index in [-0.39, 0.29) is 0 Å². The highest BCUT2D eigenvalue weighted by molar-refractivity contribution is 6.30. The molecule has 0 bridgehead atoms. The van der Waals surface area contributed by atoms with Crippen molar-refractivity contribution in [3.8, 4) is 0 Å². The third-order valence-electron chi connectivity index (χ3n) is 5.20. The Morgan fingerprint density at radius 3 is 2.00 bits per heavy atom. The van der Waals surface area contributed by atoms with E-state index >= 15 is 0 Å². The van der Waals surface area contributed by atoms with Crippen LogP contribution < -0.4 is 4.90 Å². The molecule has 2 heterocycles. The van der Waals surface area contributed by atoms with E-state index in [1.165, 1.54) is 35.3 Å². The van der Waals surface area contributed by atoms with Gasteiger partial charge in [-0.3, -0.25) is 4.90 Å². The Kier molecular flexibility index (Phi) is 4.10. The Hall–Kier alpha value is -1.06. The predicted molar refractivity (Wildman–Crippen MR) is 93.1 cm³/mol. The van der Waals surface area contributed by atoms with E-state index in [9.17, 15) is 0 Å². The SMILES string of the molecule is Clc1ccc(C2(c3ccc(Cl)cc3)OCC3CCCC[NH+]32)cc1. The van der Waals surface area contributed by atoms with Gasteiger partial charge in [-0.05, 0) is 61.4 Å². The third kappa shape index (κ3) is 2.58. The molecule has 2 aromatic rings. The fourth-order valence-electron chi connectivity index (χ4n) is 4.12. The molecule has 4 rings (SSSR count). The lowest BCUT2D eigenvalue weighted by Gasteiger charge is -2.38. The number of hydrogen-bond acceptors (Lipinski definition) is 1. The van der Waals surface area contributed by atoms with E-state index in [4.69, 9.17) is 27.9 Å². The molecule has 4 heteroatoms. The summed E-state index contributed by atoms with van der Waals surface area (Å²) in [5, 5.41) is 1.51. The van der Waals surface area contributed by atoms with E-state index < -0.39 is 5.72 Å². The standard InChI is InChI=1S/C19H19Cl2NO/c20-16-8-4-14(5-9-16)19(15-6-10-17(21)11-7-15)22-12-2-1-3-18(22)13-23-19/h4-11,18H,1-3,12-13H2/p+1. The summed E-state index contributed by atoms with van der Waals surface area (Å²) in [5.41, 5.74) is 1.90. The molecule has 2 nitrogen and oxygen atoms in total. The highest BCUT2D eigenvalue weighted by Gasteiger charge is 2.55. The summed E-state index contributed by atoms with van der Waals surface area (Å²) in [6.45, 7) is 1.94. The van der Waals surface area contributed by atoms with Gasteiger partial charge in [-0.15, -0.1) is 0 Å². The van der Waals surface area contributed by atoms with Gasteiger partial charge in [0, 0.05) is 27.6 Å². The Morgan fingerprint density at radius 1 is 0.870 bits per heavy atom. The highest BCUT2D eigenvalue weighted by Crippen LogP contribution is 2.34. The minimum Gasteiger partial charge on any atom is -0.313 e. The zero-order chi connectivity index (χ0) is 15.9. The van der Waals surface area contributed by atoms with Crippen LogP contribution in [0.3, 0.4) is 0 Å². The van der Waals surface area contributed by atoms with Crippen molar-refractivity contribution >= 4 is 23.2 Å².